The van der Waals surface area contributed by atoms with Gasteiger partial charge in [0.05, 0.1) is 0 Å². The summed E-state index contributed by atoms with van der Waals surface area (Å²) in [4.78, 5) is 9.02. The van der Waals surface area contributed by atoms with Crippen molar-refractivity contribution >= 4 is 12.2 Å². The molecule has 2 aliphatic rings. The molecule has 0 spiro atoms. The van der Waals surface area contributed by atoms with E-state index >= 15 is 0 Å². The molecule has 8 rings (SSSR count). The fourth-order valence-electron chi connectivity index (χ4n) is 6.87. The number of hydrogen-bond donors (Lipinski definition) is 0. The van der Waals surface area contributed by atoms with Gasteiger partial charge in [-0.2, -0.15) is 11.1 Å². The molecule has 2 heterocycles. The normalized spacial score (nSPS) is 14.5. The van der Waals surface area contributed by atoms with Crippen molar-refractivity contribution < 1.29 is 51.0 Å². The molecule has 2 aliphatic carbocycles. The van der Waals surface area contributed by atoms with Crippen molar-refractivity contribution in [3.63, 3.8) is 0 Å². The van der Waals surface area contributed by atoms with Crippen LogP contribution in [-0.2, 0) is 39.0 Å². The summed E-state index contributed by atoms with van der Waals surface area (Å²) in [5.74, 6) is 0.279. The van der Waals surface area contributed by atoms with Crippen LogP contribution in [0.3, 0.4) is 0 Å². The maximum atomic E-state index is 4.51. The van der Waals surface area contributed by atoms with Gasteiger partial charge in [0.2, 0.25) is 0 Å². The Morgan fingerprint density at radius 1 is 0.490 bits per heavy atom. The predicted molar refractivity (Wildman–Crippen MR) is 199 cm³/mol. The Labute approximate surface area is 335 Å². The molecule has 0 aliphatic heterocycles. The van der Waals surface area contributed by atoms with Crippen molar-refractivity contribution in [3.05, 3.63) is 191 Å². The van der Waals surface area contributed by atoms with Crippen LogP contribution in [-0.4, -0.2) is 9.97 Å². The molecule has 0 amide bonds. The molecular weight excluding hydrogens is 743 g/mol. The first-order valence-corrected chi connectivity index (χ1v) is 17.2. The van der Waals surface area contributed by atoms with Crippen LogP contribution in [0.25, 0.3) is 34.4 Å². The Hall–Kier alpha value is -3.88. The Balaban J connectivity index is 0.000000216. The third-order valence-corrected chi connectivity index (χ3v) is 9.26. The van der Waals surface area contributed by atoms with Gasteiger partial charge in [-0.3, -0.25) is 22.1 Å². The van der Waals surface area contributed by atoms with Gasteiger partial charge in [-0.25, -0.2) is 12.2 Å². The summed E-state index contributed by atoms with van der Waals surface area (Å²) in [5.41, 5.74) is 15.2. The first-order chi connectivity index (χ1) is 23.7. The summed E-state index contributed by atoms with van der Waals surface area (Å²) in [7, 11) is 0. The van der Waals surface area contributed by atoms with Gasteiger partial charge in [-0.15, -0.1) is 11.1 Å². The van der Waals surface area contributed by atoms with E-state index in [-0.39, 0.29) is 62.9 Å². The number of benzene rings is 4. The van der Waals surface area contributed by atoms with Crippen molar-refractivity contribution in [2.24, 2.45) is 0 Å². The van der Waals surface area contributed by atoms with Gasteiger partial charge in [0.15, 0.2) is 0 Å². The molecule has 0 saturated carbocycles. The SMILES string of the molecule is CCCc1ccc(-c2cccc3c2C=[C-]C3c2ccccn2)cc1.CCCc1ccc(-c2cccc3c2C=[C-]C3c2ccccn2)cc1.[Cl-].[Cl-].[Zr+4]. The molecule has 2 aromatic heterocycles. The second-order valence-electron chi connectivity index (χ2n) is 12.5. The van der Waals surface area contributed by atoms with Crippen LogP contribution in [0.5, 0.6) is 0 Å². The van der Waals surface area contributed by atoms with E-state index in [0.717, 1.165) is 24.2 Å². The maximum absolute atomic E-state index is 4.51. The third kappa shape index (κ3) is 8.96. The van der Waals surface area contributed by atoms with Crippen LogP contribution in [0.15, 0.2) is 134 Å². The molecule has 4 aromatic carbocycles. The molecule has 0 N–H and O–H groups in total. The minimum atomic E-state index is 0. The second-order valence-corrected chi connectivity index (χ2v) is 12.5. The van der Waals surface area contributed by atoms with E-state index in [0.29, 0.717) is 0 Å². The molecular formula is C46H40Cl2N2Zr. The summed E-state index contributed by atoms with van der Waals surface area (Å²) < 4.78 is 0. The van der Waals surface area contributed by atoms with Gasteiger partial charge in [0.25, 0.3) is 0 Å². The van der Waals surface area contributed by atoms with Crippen LogP contribution in [0.4, 0.5) is 0 Å². The van der Waals surface area contributed by atoms with Crippen LogP contribution in [0.1, 0.15) is 83.3 Å². The van der Waals surface area contributed by atoms with Gasteiger partial charge in [0, 0.05) is 23.8 Å². The monoisotopic (exact) mass is 780 g/mol. The molecule has 51 heavy (non-hydrogen) atoms. The van der Waals surface area contributed by atoms with E-state index in [9.17, 15) is 0 Å². The number of pyridine rings is 2. The van der Waals surface area contributed by atoms with Crippen LogP contribution >= 0.6 is 0 Å². The molecule has 5 heteroatoms. The fourth-order valence-corrected chi connectivity index (χ4v) is 6.87. The second kappa shape index (κ2) is 19.1. The van der Waals surface area contributed by atoms with Gasteiger partial charge < -0.3 is 24.8 Å². The largest absolute Gasteiger partial charge is 4.00 e. The molecule has 0 fully saturated rings. The third-order valence-electron chi connectivity index (χ3n) is 9.26. The Kier molecular flexibility index (Phi) is 14.9. The summed E-state index contributed by atoms with van der Waals surface area (Å²) in [5, 5.41) is 0. The topological polar surface area (TPSA) is 25.8 Å². The smallest absolute Gasteiger partial charge is 1.00 e. The van der Waals surface area contributed by atoms with Crippen molar-refractivity contribution in [2.45, 2.75) is 51.4 Å². The molecule has 2 nitrogen and oxygen atoms in total. The number of allylic oxidation sites excluding steroid dienone is 2. The van der Waals surface area contributed by atoms with Crippen molar-refractivity contribution in [1.82, 2.24) is 9.97 Å². The number of halogens is 2. The van der Waals surface area contributed by atoms with E-state index in [2.05, 4.69) is 145 Å². The van der Waals surface area contributed by atoms with Gasteiger partial charge in [-0.1, -0.05) is 135 Å². The van der Waals surface area contributed by atoms with Gasteiger partial charge >= 0.3 is 26.2 Å². The first kappa shape index (κ1) is 39.9. The van der Waals surface area contributed by atoms with E-state index in [1.165, 1.54) is 68.5 Å². The van der Waals surface area contributed by atoms with Crippen LogP contribution in [0, 0.1) is 12.2 Å². The molecule has 2 unspecified atom stereocenters. The Morgan fingerprint density at radius 3 is 1.25 bits per heavy atom. The van der Waals surface area contributed by atoms with E-state index < -0.39 is 0 Å². The minimum absolute atomic E-state index is 0. The van der Waals surface area contributed by atoms with Crippen molar-refractivity contribution in [3.8, 4) is 22.3 Å². The zero-order valence-corrected chi connectivity index (χ0v) is 33.0. The fraction of sp³-hybridized carbons (Fsp3) is 0.174. The van der Waals surface area contributed by atoms with Crippen molar-refractivity contribution in [2.75, 3.05) is 0 Å². The first-order valence-electron chi connectivity index (χ1n) is 17.2. The summed E-state index contributed by atoms with van der Waals surface area (Å²) >= 11 is 0. The number of fused-ring (bicyclic) bond motifs is 2. The summed E-state index contributed by atoms with van der Waals surface area (Å²) in [6.45, 7) is 4.44. The molecule has 0 saturated heterocycles. The number of rotatable bonds is 8. The number of nitrogens with zero attached hydrogens (tertiary/aromatic N) is 2. The average Bonchev–Trinajstić information content (AvgIpc) is 3.79. The van der Waals surface area contributed by atoms with Crippen molar-refractivity contribution in [1.29, 1.82) is 0 Å². The minimum Gasteiger partial charge on any atom is -1.00 e. The average molecular weight is 783 g/mol. The number of aryl methyl sites for hydroxylation is 2. The standard InChI is InChI=1S/2C23H20N.2ClH.Zr/c2*1-2-6-17-10-12-18(13-11-17)19-7-5-8-20-21(19)14-15-22(20)23-9-3-4-16-24-23;;;/h2*3-5,7-14,16,22H,2,6H2,1H3;2*1H;/q2*-1;;;+4/p-2. The van der Waals surface area contributed by atoms with Crippen LogP contribution in [0.2, 0.25) is 0 Å². The van der Waals surface area contributed by atoms with Gasteiger partial charge in [0.1, 0.15) is 0 Å². The summed E-state index contributed by atoms with van der Waals surface area (Å²) in [6.07, 6.45) is 19.6. The molecule has 6 aromatic rings. The number of hydrogen-bond acceptors (Lipinski definition) is 2. The van der Waals surface area contributed by atoms with Gasteiger partial charge in [-0.05, 0) is 71.2 Å². The quantitative estimate of drug-likeness (QED) is 0.195. The molecule has 2 atom stereocenters. The molecule has 252 valence electrons. The Bertz CT molecular complexity index is 1890. The van der Waals surface area contributed by atoms with E-state index in [1.807, 2.05) is 36.7 Å². The van der Waals surface area contributed by atoms with E-state index in [1.54, 1.807) is 0 Å². The predicted octanol–water partition coefficient (Wildman–Crippen LogP) is 5.33. The van der Waals surface area contributed by atoms with E-state index in [4.69, 9.17) is 0 Å². The molecule has 0 radical (unpaired) electrons. The zero-order valence-electron chi connectivity index (χ0n) is 29.0. The van der Waals surface area contributed by atoms with Crippen LogP contribution < -0.4 is 24.8 Å². The summed E-state index contributed by atoms with van der Waals surface area (Å²) in [6, 6.07) is 43.2. The zero-order chi connectivity index (χ0) is 32.7. The molecule has 0 bridgehead atoms. The Morgan fingerprint density at radius 2 is 0.902 bits per heavy atom. The number of aromatic nitrogens is 2. The maximum Gasteiger partial charge on any atom is 4.00 e.